The molecular formula is C21H24ClN5O2. The van der Waals surface area contributed by atoms with Crippen molar-refractivity contribution in [1.29, 1.82) is 5.26 Å². The van der Waals surface area contributed by atoms with Crippen LogP contribution in [0.2, 0.25) is 5.02 Å². The van der Waals surface area contributed by atoms with Crippen molar-refractivity contribution in [1.82, 2.24) is 14.9 Å². The Morgan fingerprint density at radius 1 is 1.38 bits per heavy atom. The number of nitrogens with zero attached hydrogens (tertiary/aromatic N) is 4. The number of amides is 1. The van der Waals surface area contributed by atoms with Gasteiger partial charge in [0.25, 0.3) is 0 Å². The number of rotatable bonds is 4. The molecule has 29 heavy (non-hydrogen) atoms. The van der Waals surface area contributed by atoms with Crippen LogP contribution in [0.3, 0.4) is 0 Å². The van der Waals surface area contributed by atoms with Gasteiger partial charge in [-0.25, -0.2) is 14.8 Å². The van der Waals surface area contributed by atoms with Crippen LogP contribution in [-0.2, 0) is 4.74 Å². The van der Waals surface area contributed by atoms with Crippen molar-refractivity contribution in [2.75, 3.05) is 25.0 Å². The van der Waals surface area contributed by atoms with Crippen LogP contribution in [-0.4, -0.2) is 46.2 Å². The Labute approximate surface area is 175 Å². The number of hydrogen-bond donors (Lipinski definition) is 1. The zero-order valence-electron chi connectivity index (χ0n) is 16.8. The Morgan fingerprint density at radius 2 is 2.10 bits per heavy atom. The molecule has 1 aliphatic rings. The van der Waals surface area contributed by atoms with Gasteiger partial charge in [-0.05, 0) is 45.2 Å². The number of nitriles is 1. The number of carbonyl (C=O) groups excluding carboxylic acids is 1. The van der Waals surface area contributed by atoms with Crippen LogP contribution in [0.25, 0.3) is 11.3 Å². The van der Waals surface area contributed by atoms with Gasteiger partial charge in [0.1, 0.15) is 5.60 Å². The molecular weight excluding hydrogens is 390 g/mol. The summed E-state index contributed by atoms with van der Waals surface area (Å²) in [4.78, 5) is 22.7. The van der Waals surface area contributed by atoms with Gasteiger partial charge in [0, 0.05) is 25.2 Å². The summed E-state index contributed by atoms with van der Waals surface area (Å²) < 4.78 is 5.43. The van der Waals surface area contributed by atoms with Crippen LogP contribution in [0.5, 0.6) is 0 Å². The molecule has 0 spiro atoms. The summed E-state index contributed by atoms with van der Waals surface area (Å²) in [6, 6.07) is 9.17. The highest BCUT2D eigenvalue weighted by Crippen LogP contribution is 2.27. The number of halogens is 1. The Hall–Kier alpha value is -2.85. The predicted molar refractivity (Wildman–Crippen MR) is 112 cm³/mol. The molecule has 1 N–H and O–H groups in total. The van der Waals surface area contributed by atoms with E-state index in [0.29, 0.717) is 47.8 Å². The first-order valence-corrected chi connectivity index (χ1v) is 9.88. The lowest BCUT2D eigenvalue weighted by Crippen LogP contribution is -2.35. The van der Waals surface area contributed by atoms with E-state index in [1.807, 2.05) is 32.9 Å². The van der Waals surface area contributed by atoms with Crippen molar-refractivity contribution in [3.8, 4) is 17.3 Å². The fourth-order valence-electron chi connectivity index (χ4n) is 3.08. The van der Waals surface area contributed by atoms with E-state index in [4.69, 9.17) is 21.6 Å². The summed E-state index contributed by atoms with van der Waals surface area (Å²) in [5.74, 6) is 0.768. The van der Waals surface area contributed by atoms with Gasteiger partial charge in [-0.15, -0.1) is 0 Å². The number of nitrogens with one attached hydrogen (secondary N) is 1. The van der Waals surface area contributed by atoms with Gasteiger partial charge < -0.3 is 15.0 Å². The molecule has 1 saturated heterocycles. The maximum atomic E-state index is 12.2. The quantitative estimate of drug-likeness (QED) is 0.801. The minimum atomic E-state index is -0.494. The van der Waals surface area contributed by atoms with E-state index in [-0.39, 0.29) is 6.09 Å². The predicted octanol–water partition coefficient (Wildman–Crippen LogP) is 4.34. The van der Waals surface area contributed by atoms with Crippen molar-refractivity contribution in [2.24, 2.45) is 5.92 Å². The summed E-state index contributed by atoms with van der Waals surface area (Å²) >= 11 is 6.26. The van der Waals surface area contributed by atoms with E-state index >= 15 is 0 Å². The topological polar surface area (TPSA) is 91.1 Å². The first-order chi connectivity index (χ1) is 13.7. The first-order valence-electron chi connectivity index (χ1n) is 9.50. The highest BCUT2D eigenvalue weighted by atomic mass is 35.5. The molecule has 1 aromatic heterocycles. The minimum absolute atomic E-state index is 0.272. The molecule has 152 valence electrons. The van der Waals surface area contributed by atoms with Gasteiger partial charge in [-0.1, -0.05) is 23.7 Å². The highest BCUT2D eigenvalue weighted by molar-refractivity contribution is 6.32. The largest absolute Gasteiger partial charge is 0.444 e. The van der Waals surface area contributed by atoms with Crippen molar-refractivity contribution < 1.29 is 9.53 Å². The summed E-state index contributed by atoms with van der Waals surface area (Å²) in [6.45, 7) is 7.56. The number of benzene rings is 1. The van der Waals surface area contributed by atoms with Crippen molar-refractivity contribution in [3.63, 3.8) is 0 Å². The Bertz CT molecular complexity index is 918. The smallest absolute Gasteiger partial charge is 0.410 e. The van der Waals surface area contributed by atoms with Crippen LogP contribution in [0.4, 0.5) is 10.7 Å². The summed E-state index contributed by atoms with van der Waals surface area (Å²) in [5, 5.41) is 12.6. The lowest BCUT2D eigenvalue weighted by Gasteiger charge is -2.24. The van der Waals surface area contributed by atoms with E-state index < -0.39 is 5.60 Å². The van der Waals surface area contributed by atoms with Gasteiger partial charge in [-0.3, -0.25) is 0 Å². The average Bonchev–Trinajstić information content (AvgIpc) is 3.15. The number of likely N-dealkylation sites (tertiary alicyclic amines) is 1. The molecule has 1 aromatic carbocycles. The van der Waals surface area contributed by atoms with Crippen LogP contribution >= 0.6 is 11.6 Å². The van der Waals surface area contributed by atoms with E-state index in [9.17, 15) is 4.79 Å². The molecule has 1 atom stereocenters. The molecule has 1 unspecified atom stereocenters. The van der Waals surface area contributed by atoms with Crippen molar-refractivity contribution in [3.05, 3.63) is 41.0 Å². The van der Waals surface area contributed by atoms with E-state index in [0.717, 1.165) is 12.0 Å². The van der Waals surface area contributed by atoms with Gasteiger partial charge in [0.15, 0.2) is 0 Å². The molecule has 0 bridgehead atoms. The van der Waals surface area contributed by atoms with E-state index in [2.05, 4.69) is 21.4 Å². The van der Waals surface area contributed by atoms with Crippen molar-refractivity contribution >= 4 is 23.6 Å². The van der Waals surface area contributed by atoms with Gasteiger partial charge in [0.05, 0.1) is 28.5 Å². The van der Waals surface area contributed by atoms with Crippen LogP contribution in [0.1, 0.15) is 32.8 Å². The first kappa shape index (κ1) is 20.9. The number of anilines is 1. The molecule has 2 aromatic rings. The number of hydrogen-bond acceptors (Lipinski definition) is 6. The highest BCUT2D eigenvalue weighted by Gasteiger charge is 2.29. The standard InChI is InChI=1S/C21H24ClN5O2/c1-21(2,3)29-20(28)27-9-8-15(13-27)11-24-19-25-12-17(22)18(26-19)16-6-4-14(10-23)5-7-16/h4-7,12,15H,8-9,11,13H2,1-3H3,(H,24,25,26). The summed E-state index contributed by atoms with van der Waals surface area (Å²) in [7, 11) is 0. The molecule has 7 nitrogen and oxygen atoms in total. The molecule has 0 radical (unpaired) electrons. The molecule has 1 amide bonds. The molecule has 0 saturated carbocycles. The molecule has 8 heteroatoms. The van der Waals surface area contributed by atoms with Gasteiger partial charge in [0.2, 0.25) is 5.95 Å². The maximum Gasteiger partial charge on any atom is 0.410 e. The van der Waals surface area contributed by atoms with Crippen LogP contribution in [0, 0.1) is 17.2 Å². The molecule has 1 aliphatic heterocycles. The fraction of sp³-hybridized carbons (Fsp3) is 0.429. The Balaban J connectivity index is 1.60. The molecule has 3 rings (SSSR count). The maximum absolute atomic E-state index is 12.2. The lowest BCUT2D eigenvalue weighted by atomic mass is 10.1. The second-order valence-electron chi connectivity index (χ2n) is 8.04. The van der Waals surface area contributed by atoms with Gasteiger partial charge >= 0.3 is 6.09 Å². The average molecular weight is 414 g/mol. The van der Waals surface area contributed by atoms with Gasteiger partial charge in [-0.2, -0.15) is 5.26 Å². The third-order valence-electron chi connectivity index (χ3n) is 4.52. The van der Waals surface area contributed by atoms with Crippen molar-refractivity contribution in [2.45, 2.75) is 32.8 Å². The second kappa shape index (κ2) is 8.66. The molecule has 0 aliphatic carbocycles. The monoisotopic (exact) mass is 413 g/mol. The molecule has 2 heterocycles. The van der Waals surface area contributed by atoms with Crippen LogP contribution < -0.4 is 5.32 Å². The minimum Gasteiger partial charge on any atom is -0.444 e. The Morgan fingerprint density at radius 3 is 2.76 bits per heavy atom. The number of ether oxygens (including phenoxy) is 1. The Kier molecular flexibility index (Phi) is 6.23. The zero-order valence-corrected chi connectivity index (χ0v) is 17.5. The van der Waals surface area contributed by atoms with E-state index in [1.165, 1.54) is 0 Å². The SMILES string of the molecule is CC(C)(C)OC(=O)N1CCC(CNc2ncc(Cl)c(-c3ccc(C#N)cc3)n2)C1. The van der Waals surface area contributed by atoms with E-state index in [1.54, 1.807) is 23.2 Å². The lowest BCUT2D eigenvalue weighted by molar-refractivity contribution is 0.0289. The summed E-state index contributed by atoms with van der Waals surface area (Å²) in [6.07, 6.45) is 2.18. The normalized spacial score (nSPS) is 16.4. The number of carbonyl (C=O) groups is 1. The number of aromatic nitrogens is 2. The fourth-order valence-corrected chi connectivity index (χ4v) is 3.28. The second-order valence-corrected chi connectivity index (χ2v) is 8.45. The molecule has 1 fully saturated rings. The summed E-state index contributed by atoms with van der Waals surface area (Å²) in [5.41, 5.74) is 1.51. The zero-order chi connectivity index (χ0) is 21.0. The third kappa shape index (κ3) is 5.58. The third-order valence-corrected chi connectivity index (χ3v) is 4.79. The van der Waals surface area contributed by atoms with Crippen LogP contribution in [0.15, 0.2) is 30.5 Å².